The predicted octanol–water partition coefficient (Wildman–Crippen LogP) is 4.38. The number of rotatable bonds is 6. The van der Waals surface area contributed by atoms with Crippen LogP contribution in [0, 0.1) is 5.82 Å². The van der Waals surface area contributed by atoms with Crippen LogP contribution in [-0.4, -0.2) is 17.3 Å². The Kier molecular flexibility index (Phi) is 6.82. The number of hydrogen-bond donors (Lipinski definition) is 1. The van der Waals surface area contributed by atoms with E-state index in [1.807, 2.05) is 20.8 Å². The molecule has 1 atom stereocenters. The topological polar surface area (TPSA) is 52.3 Å². The van der Waals surface area contributed by atoms with E-state index < -0.39 is 5.82 Å². The van der Waals surface area contributed by atoms with E-state index in [0.29, 0.717) is 10.9 Å². The first kappa shape index (κ1) is 17.3. The molecule has 20 heavy (non-hydrogen) atoms. The molecule has 6 heteroatoms. The number of benzene rings is 1. The van der Waals surface area contributed by atoms with E-state index in [2.05, 4.69) is 15.9 Å². The molecule has 0 aliphatic carbocycles. The summed E-state index contributed by atoms with van der Waals surface area (Å²) in [6.07, 6.45) is 1.41. The summed E-state index contributed by atoms with van der Waals surface area (Å²) in [6.45, 7) is 5.64. The van der Waals surface area contributed by atoms with Gasteiger partial charge in [-0.2, -0.15) is 0 Å². The molecule has 0 fully saturated rings. The number of esters is 1. The molecule has 1 unspecified atom stereocenters. The van der Waals surface area contributed by atoms with Crippen LogP contribution in [0.25, 0.3) is 0 Å². The second kappa shape index (κ2) is 7.88. The maximum absolute atomic E-state index is 13.3. The van der Waals surface area contributed by atoms with Crippen molar-refractivity contribution in [2.24, 2.45) is 0 Å². The van der Waals surface area contributed by atoms with Crippen LogP contribution in [0.3, 0.4) is 0 Å². The van der Waals surface area contributed by atoms with Crippen LogP contribution in [0.1, 0.15) is 33.6 Å². The molecule has 0 aromatic heterocycles. The van der Waals surface area contributed by atoms with Gasteiger partial charge in [-0.15, -0.1) is 11.8 Å². The molecule has 0 heterocycles. The molecule has 0 aliphatic rings. The molecular weight excluding hydrogens is 345 g/mol. The SMILES string of the molecule is CCCC(Sc1cc(N)c(F)cc1Br)C(=O)OC(C)C. The van der Waals surface area contributed by atoms with Crippen molar-refractivity contribution in [2.45, 2.75) is 49.9 Å². The van der Waals surface area contributed by atoms with Crippen LogP contribution >= 0.6 is 27.7 Å². The summed E-state index contributed by atoms with van der Waals surface area (Å²) in [4.78, 5) is 12.8. The van der Waals surface area contributed by atoms with Crippen molar-refractivity contribution in [1.29, 1.82) is 0 Å². The van der Waals surface area contributed by atoms with E-state index in [0.717, 1.165) is 11.3 Å². The van der Waals surface area contributed by atoms with Gasteiger partial charge in [-0.25, -0.2) is 4.39 Å². The lowest BCUT2D eigenvalue weighted by atomic mass is 10.2. The van der Waals surface area contributed by atoms with Crippen molar-refractivity contribution in [2.75, 3.05) is 5.73 Å². The number of halogens is 2. The third-order valence-corrected chi connectivity index (χ3v) is 4.71. The molecule has 112 valence electrons. The highest BCUT2D eigenvalue weighted by molar-refractivity contribution is 9.10. The van der Waals surface area contributed by atoms with Gasteiger partial charge in [-0.3, -0.25) is 4.79 Å². The van der Waals surface area contributed by atoms with Crippen molar-refractivity contribution in [3.05, 3.63) is 22.4 Å². The molecule has 1 aromatic rings. The van der Waals surface area contributed by atoms with Gasteiger partial charge in [0.05, 0.1) is 11.8 Å². The van der Waals surface area contributed by atoms with Gasteiger partial charge in [0.2, 0.25) is 0 Å². The first-order valence-electron chi connectivity index (χ1n) is 6.46. The van der Waals surface area contributed by atoms with Crippen molar-refractivity contribution in [3.8, 4) is 0 Å². The molecule has 2 N–H and O–H groups in total. The van der Waals surface area contributed by atoms with Crippen molar-refractivity contribution in [1.82, 2.24) is 0 Å². The van der Waals surface area contributed by atoms with Gasteiger partial charge in [0.25, 0.3) is 0 Å². The first-order chi connectivity index (χ1) is 9.35. The van der Waals surface area contributed by atoms with E-state index in [4.69, 9.17) is 10.5 Å². The maximum atomic E-state index is 13.3. The number of anilines is 1. The first-order valence-corrected chi connectivity index (χ1v) is 8.14. The molecular formula is C14H19BrFNO2S. The lowest BCUT2D eigenvalue weighted by Gasteiger charge is -2.17. The highest BCUT2D eigenvalue weighted by Gasteiger charge is 2.23. The Hall–Kier alpha value is -0.750. The average Bonchev–Trinajstić information content (AvgIpc) is 2.34. The van der Waals surface area contributed by atoms with Crippen molar-refractivity contribution in [3.63, 3.8) is 0 Å². The summed E-state index contributed by atoms with van der Waals surface area (Å²) >= 11 is 4.64. The highest BCUT2D eigenvalue weighted by Crippen LogP contribution is 2.35. The molecule has 1 rings (SSSR count). The number of nitrogen functional groups attached to an aromatic ring is 1. The average molecular weight is 364 g/mol. The zero-order valence-corrected chi connectivity index (χ0v) is 14.2. The van der Waals surface area contributed by atoms with Crippen LogP contribution in [0.5, 0.6) is 0 Å². The number of nitrogens with two attached hydrogens (primary N) is 1. The van der Waals surface area contributed by atoms with E-state index in [9.17, 15) is 9.18 Å². The fourth-order valence-corrected chi connectivity index (χ4v) is 3.36. The lowest BCUT2D eigenvalue weighted by molar-refractivity contribution is -0.146. The fraction of sp³-hybridized carbons (Fsp3) is 0.500. The zero-order valence-electron chi connectivity index (χ0n) is 11.8. The van der Waals surface area contributed by atoms with Crippen molar-refractivity contribution >= 4 is 39.3 Å². The minimum absolute atomic E-state index is 0.0724. The smallest absolute Gasteiger partial charge is 0.319 e. The van der Waals surface area contributed by atoms with Gasteiger partial charge in [-0.05, 0) is 48.3 Å². The van der Waals surface area contributed by atoms with E-state index in [1.54, 1.807) is 0 Å². The molecule has 0 saturated heterocycles. The zero-order chi connectivity index (χ0) is 15.3. The lowest BCUT2D eigenvalue weighted by Crippen LogP contribution is -2.23. The maximum Gasteiger partial charge on any atom is 0.319 e. The quantitative estimate of drug-likeness (QED) is 0.462. The summed E-state index contributed by atoms with van der Waals surface area (Å²) in [5.41, 5.74) is 5.64. The summed E-state index contributed by atoms with van der Waals surface area (Å²) < 4.78 is 19.2. The molecule has 0 spiro atoms. The highest BCUT2D eigenvalue weighted by atomic mass is 79.9. The third kappa shape index (κ3) is 4.98. The summed E-state index contributed by atoms with van der Waals surface area (Å²) in [7, 11) is 0. The minimum Gasteiger partial charge on any atom is -0.462 e. The van der Waals surface area contributed by atoms with Crippen LogP contribution in [0.2, 0.25) is 0 Å². The van der Waals surface area contributed by atoms with Crippen molar-refractivity contribution < 1.29 is 13.9 Å². The Bertz CT molecular complexity index is 482. The number of thioether (sulfide) groups is 1. The van der Waals surface area contributed by atoms with Gasteiger partial charge in [-0.1, -0.05) is 13.3 Å². The normalized spacial score (nSPS) is 12.5. The number of carbonyl (C=O) groups excluding carboxylic acids is 1. The van der Waals surface area contributed by atoms with E-state index in [-0.39, 0.29) is 23.0 Å². The van der Waals surface area contributed by atoms with E-state index >= 15 is 0 Å². The predicted molar refractivity (Wildman–Crippen MR) is 84.3 cm³/mol. The monoisotopic (exact) mass is 363 g/mol. The Balaban J connectivity index is 2.90. The van der Waals surface area contributed by atoms with Gasteiger partial charge < -0.3 is 10.5 Å². The second-order valence-corrected chi connectivity index (χ2v) is 6.78. The molecule has 0 saturated carbocycles. The van der Waals surface area contributed by atoms with Gasteiger partial charge in [0.1, 0.15) is 11.1 Å². The van der Waals surface area contributed by atoms with Gasteiger partial charge >= 0.3 is 5.97 Å². The van der Waals surface area contributed by atoms with Crippen LogP contribution in [-0.2, 0) is 9.53 Å². The molecule has 1 aromatic carbocycles. The number of ether oxygens (including phenoxy) is 1. The number of carbonyl (C=O) groups is 1. The molecule has 0 bridgehead atoms. The standard InChI is InChI=1S/C14H19BrFNO2S/c1-4-5-12(14(18)19-8(2)3)20-13-7-11(17)10(16)6-9(13)15/h6-8,12H,4-5,17H2,1-3H3. The Morgan fingerprint density at radius 3 is 2.70 bits per heavy atom. The Labute approximate surface area is 131 Å². The van der Waals surface area contributed by atoms with Gasteiger partial charge in [0, 0.05) is 9.37 Å². The Morgan fingerprint density at radius 2 is 2.15 bits per heavy atom. The Morgan fingerprint density at radius 1 is 1.50 bits per heavy atom. The number of hydrogen-bond acceptors (Lipinski definition) is 4. The molecule has 3 nitrogen and oxygen atoms in total. The van der Waals surface area contributed by atoms with Crippen LogP contribution < -0.4 is 5.73 Å². The summed E-state index contributed by atoms with van der Waals surface area (Å²) in [5.74, 6) is -0.723. The summed E-state index contributed by atoms with van der Waals surface area (Å²) in [5, 5.41) is -0.316. The fourth-order valence-electron chi connectivity index (χ4n) is 1.58. The molecule has 0 amide bonds. The second-order valence-electron chi connectivity index (χ2n) is 4.68. The minimum atomic E-state index is -0.474. The van der Waals surface area contributed by atoms with Crippen LogP contribution in [0.15, 0.2) is 21.5 Å². The van der Waals surface area contributed by atoms with E-state index in [1.165, 1.54) is 23.9 Å². The molecule has 0 aliphatic heterocycles. The van der Waals surface area contributed by atoms with Gasteiger partial charge in [0.15, 0.2) is 0 Å². The largest absolute Gasteiger partial charge is 0.462 e. The van der Waals surface area contributed by atoms with Crippen LogP contribution in [0.4, 0.5) is 10.1 Å². The third-order valence-electron chi connectivity index (χ3n) is 2.49. The summed E-state index contributed by atoms with van der Waals surface area (Å²) in [6, 6.07) is 2.85. The molecule has 0 radical (unpaired) electrons.